The maximum atomic E-state index is 11.8. The molecule has 1 amide bonds. The third kappa shape index (κ3) is 4.16. The van der Waals surface area contributed by atoms with Crippen LogP contribution in [0, 0.1) is 0 Å². The van der Waals surface area contributed by atoms with Crippen LogP contribution >= 0.6 is 0 Å². The SMILES string of the molecule is CCCCNS(=O)(=O)c1ccc(NC=O)cc1. The average Bonchev–Trinajstić information content (AvgIpc) is 2.30. The molecule has 0 heterocycles. The molecule has 17 heavy (non-hydrogen) atoms. The Hall–Kier alpha value is -1.40. The lowest BCUT2D eigenvalue weighted by Crippen LogP contribution is -2.24. The Morgan fingerprint density at radius 3 is 2.41 bits per heavy atom. The van der Waals surface area contributed by atoms with Crippen molar-refractivity contribution in [3.8, 4) is 0 Å². The zero-order valence-corrected chi connectivity index (χ0v) is 10.5. The molecule has 0 atom stereocenters. The van der Waals surface area contributed by atoms with E-state index in [4.69, 9.17) is 0 Å². The van der Waals surface area contributed by atoms with E-state index >= 15 is 0 Å². The highest BCUT2D eigenvalue weighted by Gasteiger charge is 2.12. The van der Waals surface area contributed by atoms with Crippen LogP contribution in [-0.2, 0) is 14.8 Å². The van der Waals surface area contributed by atoms with Gasteiger partial charge in [-0.15, -0.1) is 0 Å². The van der Waals surface area contributed by atoms with E-state index in [1.807, 2.05) is 6.92 Å². The van der Waals surface area contributed by atoms with Gasteiger partial charge in [0.2, 0.25) is 16.4 Å². The average molecular weight is 256 g/mol. The Morgan fingerprint density at radius 1 is 1.24 bits per heavy atom. The van der Waals surface area contributed by atoms with Crippen LogP contribution in [0.15, 0.2) is 29.2 Å². The van der Waals surface area contributed by atoms with E-state index in [1.165, 1.54) is 12.1 Å². The largest absolute Gasteiger partial charge is 0.329 e. The lowest BCUT2D eigenvalue weighted by molar-refractivity contribution is -0.105. The van der Waals surface area contributed by atoms with Crippen molar-refractivity contribution < 1.29 is 13.2 Å². The third-order valence-electron chi connectivity index (χ3n) is 2.21. The first-order valence-electron chi connectivity index (χ1n) is 5.40. The first-order chi connectivity index (χ1) is 8.10. The van der Waals surface area contributed by atoms with Crippen LogP contribution in [0.3, 0.4) is 0 Å². The second-order valence-corrected chi connectivity index (χ2v) is 5.30. The lowest BCUT2D eigenvalue weighted by atomic mass is 10.3. The number of rotatable bonds is 7. The summed E-state index contributed by atoms with van der Waals surface area (Å²) in [6, 6.07) is 6.01. The normalized spacial score (nSPS) is 11.1. The highest BCUT2D eigenvalue weighted by Crippen LogP contribution is 2.13. The molecule has 1 aromatic rings. The quantitative estimate of drug-likeness (QED) is 0.571. The van der Waals surface area contributed by atoms with E-state index in [9.17, 15) is 13.2 Å². The molecule has 0 bridgehead atoms. The third-order valence-corrected chi connectivity index (χ3v) is 3.69. The summed E-state index contributed by atoms with van der Waals surface area (Å²) < 4.78 is 26.1. The van der Waals surface area contributed by atoms with E-state index in [1.54, 1.807) is 12.1 Å². The van der Waals surface area contributed by atoms with E-state index in [2.05, 4.69) is 10.0 Å². The molecule has 0 fully saturated rings. The van der Waals surface area contributed by atoms with Gasteiger partial charge in [0.25, 0.3) is 0 Å². The Labute approximate surface area is 101 Å². The number of nitrogens with one attached hydrogen (secondary N) is 2. The summed E-state index contributed by atoms with van der Waals surface area (Å²) in [7, 11) is -3.43. The Kier molecular flexibility index (Phi) is 5.11. The molecule has 0 aliphatic rings. The minimum Gasteiger partial charge on any atom is -0.329 e. The molecule has 1 aromatic carbocycles. The molecule has 0 unspecified atom stereocenters. The summed E-state index contributed by atoms with van der Waals surface area (Å²) in [6.45, 7) is 2.43. The van der Waals surface area contributed by atoms with Gasteiger partial charge in [0.15, 0.2) is 0 Å². The highest BCUT2D eigenvalue weighted by atomic mass is 32.2. The number of carbonyl (C=O) groups is 1. The number of unbranched alkanes of at least 4 members (excludes halogenated alkanes) is 1. The lowest BCUT2D eigenvalue weighted by Gasteiger charge is -2.06. The number of hydrogen-bond donors (Lipinski definition) is 2. The van der Waals surface area contributed by atoms with Crippen LogP contribution in [0.25, 0.3) is 0 Å². The molecule has 0 radical (unpaired) electrons. The predicted molar refractivity (Wildman–Crippen MR) is 66.2 cm³/mol. The summed E-state index contributed by atoms with van der Waals surface area (Å²) in [5.41, 5.74) is 0.563. The molecular weight excluding hydrogens is 240 g/mol. The zero-order valence-electron chi connectivity index (χ0n) is 9.64. The van der Waals surface area contributed by atoms with Gasteiger partial charge in [-0.2, -0.15) is 0 Å². The maximum Gasteiger partial charge on any atom is 0.240 e. The standard InChI is InChI=1S/C11H16N2O3S/c1-2-3-8-13-17(15,16)11-6-4-10(5-7-11)12-9-14/h4-7,9,13H,2-3,8H2,1H3,(H,12,14). The van der Waals surface area contributed by atoms with E-state index in [0.717, 1.165) is 12.8 Å². The Bertz CT molecular complexity index is 454. The fourth-order valence-electron chi connectivity index (χ4n) is 1.26. The molecule has 0 aromatic heterocycles. The van der Waals surface area contributed by atoms with Gasteiger partial charge >= 0.3 is 0 Å². The van der Waals surface area contributed by atoms with Crippen molar-refractivity contribution in [1.29, 1.82) is 0 Å². The first-order valence-corrected chi connectivity index (χ1v) is 6.88. The summed E-state index contributed by atoms with van der Waals surface area (Å²) in [4.78, 5) is 10.4. The van der Waals surface area contributed by atoms with E-state index < -0.39 is 10.0 Å². The molecule has 0 aliphatic heterocycles. The van der Waals surface area contributed by atoms with E-state index in [-0.39, 0.29) is 4.90 Å². The zero-order chi connectivity index (χ0) is 12.7. The van der Waals surface area contributed by atoms with Gasteiger partial charge in [0.1, 0.15) is 0 Å². The molecule has 0 saturated carbocycles. The maximum absolute atomic E-state index is 11.8. The topological polar surface area (TPSA) is 75.3 Å². The fourth-order valence-corrected chi connectivity index (χ4v) is 2.34. The summed E-state index contributed by atoms with van der Waals surface area (Å²) in [5, 5.41) is 2.44. The van der Waals surface area contributed by atoms with Gasteiger partial charge in [-0.25, -0.2) is 13.1 Å². The molecule has 6 heteroatoms. The van der Waals surface area contributed by atoms with Crippen LogP contribution in [0.5, 0.6) is 0 Å². The van der Waals surface area contributed by atoms with Crippen LogP contribution in [0.4, 0.5) is 5.69 Å². The van der Waals surface area contributed by atoms with Crippen molar-refractivity contribution in [3.05, 3.63) is 24.3 Å². The number of amides is 1. The van der Waals surface area contributed by atoms with Crippen molar-refractivity contribution >= 4 is 22.1 Å². The minimum absolute atomic E-state index is 0.199. The smallest absolute Gasteiger partial charge is 0.240 e. The van der Waals surface area contributed by atoms with Crippen LogP contribution < -0.4 is 10.0 Å². The second kappa shape index (κ2) is 6.36. The van der Waals surface area contributed by atoms with Gasteiger partial charge in [-0.05, 0) is 30.7 Å². The van der Waals surface area contributed by atoms with Gasteiger partial charge in [0, 0.05) is 12.2 Å². The number of hydrogen-bond acceptors (Lipinski definition) is 3. The van der Waals surface area contributed by atoms with Crippen LogP contribution in [-0.4, -0.2) is 21.4 Å². The van der Waals surface area contributed by atoms with Gasteiger partial charge in [-0.1, -0.05) is 13.3 Å². The van der Waals surface area contributed by atoms with Gasteiger partial charge < -0.3 is 5.32 Å². The Morgan fingerprint density at radius 2 is 1.88 bits per heavy atom. The molecule has 94 valence electrons. The molecule has 2 N–H and O–H groups in total. The van der Waals surface area contributed by atoms with Gasteiger partial charge in [-0.3, -0.25) is 4.79 Å². The van der Waals surface area contributed by atoms with Crippen LogP contribution in [0.2, 0.25) is 0 Å². The van der Waals surface area contributed by atoms with Crippen molar-refractivity contribution in [2.45, 2.75) is 24.7 Å². The molecule has 0 saturated heterocycles. The highest BCUT2D eigenvalue weighted by molar-refractivity contribution is 7.89. The van der Waals surface area contributed by atoms with Gasteiger partial charge in [0.05, 0.1) is 4.90 Å². The number of carbonyl (C=O) groups excluding carboxylic acids is 1. The molecule has 1 rings (SSSR count). The van der Waals surface area contributed by atoms with E-state index in [0.29, 0.717) is 18.6 Å². The van der Waals surface area contributed by atoms with Crippen molar-refractivity contribution in [1.82, 2.24) is 4.72 Å². The van der Waals surface area contributed by atoms with Crippen molar-refractivity contribution in [2.75, 3.05) is 11.9 Å². The summed E-state index contributed by atoms with van der Waals surface area (Å²) in [5.74, 6) is 0. The van der Waals surface area contributed by atoms with Crippen LogP contribution in [0.1, 0.15) is 19.8 Å². The van der Waals surface area contributed by atoms with Crippen molar-refractivity contribution in [2.24, 2.45) is 0 Å². The second-order valence-electron chi connectivity index (χ2n) is 3.54. The van der Waals surface area contributed by atoms with Crippen molar-refractivity contribution in [3.63, 3.8) is 0 Å². The minimum atomic E-state index is -3.43. The monoisotopic (exact) mass is 256 g/mol. The first kappa shape index (κ1) is 13.7. The number of benzene rings is 1. The molecule has 0 aliphatic carbocycles. The molecular formula is C11H16N2O3S. The number of anilines is 1. The fraction of sp³-hybridized carbons (Fsp3) is 0.364. The summed E-state index contributed by atoms with van der Waals surface area (Å²) in [6.07, 6.45) is 2.29. The predicted octanol–water partition coefficient (Wildman–Crippen LogP) is 1.33. The summed E-state index contributed by atoms with van der Waals surface area (Å²) >= 11 is 0. The number of sulfonamides is 1. The molecule has 5 nitrogen and oxygen atoms in total. The Balaban J connectivity index is 2.74. The molecule has 0 spiro atoms.